The van der Waals surface area contributed by atoms with Gasteiger partial charge in [-0.15, -0.1) is 0 Å². The Balaban J connectivity index is 1.83. The highest BCUT2D eigenvalue weighted by molar-refractivity contribution is 5.76. The van der Waals surface area contributed by atoms with Gasteiger partial charge in [0.2, 0.25) is 0 Å². The Morgan fingerprint density at radius 3 is 1.91 bits per heavy atom. The first-order valence-electron chi connectivity index (χ1n) is 12.1. The molecule has 7 heteroatoms. The molecule has 3 rings (SSSR count). The molecule has 2 aromatic heterocycles. The molecular formula is C25H39N7. The van der Waals surface area contributed by atoms with Gasteiger partial charge >= 0.3 is 0 Å². The smallest absolute Gasteiger partial charge is 0.181 e. The lowest BCUT2D eigenvalue weighted by Crippen LogP contribution is -2.39. The highest BCUT2D eigenvalue weighted by Gasteiger charge is 2.14. The summed E-state index contributed by atoms with van der Waals surface area (Å²) in [5.41, 5.74) is 4.11. The summed E-state index contributed by atoms with van der Waals surface area (Å²) in [5, 5.41) is 0. The van der Waals surface area contributed by atoms with Gasteiger partial charge in [-0.25, -0.2) is 15.0 Å². The van der Waals surface area contributed by atoms with Crippen molar-refractivity contribution < 1.29 is 0 Å². The van der Waals surface area contributed by atoms with Gasteiger partial charge in [-0.2, -0.15) is 0 Å². The van der Waals surface area contributed by atoms with E-state index in [2.05, 4.69) is 88.1 Å². The van der Waals surface area contributed by atoms with Crippen molar-refractivity contribution in [1.29, 1.82) is 0 Å². The van der Waals surface area contributed by atoms with Crippen LogP contribution in [0.3, 0.4) is 0 Å². The molecule has 0 N–H and O–H groups in total. The Morgan fingerprint density at radius 1 is 0.781 bits per heavy atom. The number of fused-ring (bicyclic) bond motifs is 1. The van der Waals surface area contributed by atoms with E-state index in [1.54, 1.807) is 6.33 Å². The minimum absolute atomic E-state index is 0.751. The number of hydrogen-bond donors (Lipinski definition) is 0. The Labute approximate surface area is 193 Å². The van der Waals surface area contributed by atoms with E-state index >= 15 is 0 Å². The second-order valence-electron chi connectivity index (χ2n) is 8.00. The first-order valence-corrected chi connectivity index (χ1v) is 12.1. The van der Waals surface area contributed by atoms with Crippen molar-refractivity contribution >= 4 is 16.9 Å². The lowest BCUT2D eigenvalue weighted by atomic mass is 10.1. The molecule has 174 valence electrons. The number of rotatable bonds is 13. The molecule has 0 bridgehead atoms. The van der Waals surface area contributed by atoms with Crippen LogP contribution in [0, 0.1) is 0 Å². The number of hydrogen-bond acceptors (Lipinski definition) is 6. The van der Waals surface area contributed by atoms with Crippen molar-refractivity contribution in [3.05, 3.63) is 36.8 Å². The van der Waals surface area contributed by atoms with E-state index in [1.165, 1.54) is 5.69 Å². The zero-order chi connectivity index (χ0) is 22.9. The van der Waals surface area contributed by atoms with Crippen molar-refractivity contribution in [3.63, 3.8) is 0 Å². The van der Waals surface area contributed by atoms with Crippen molar-refractivity contribution in [2.45, 2.75) is 41.2 Å². The Hall–Kier alpha value is -2.51. The molecule has 0 atom stereocenters. The molecule has 0 saturated carbocycles. The second kappa shape index (κ2) is 11.9. The van der Waals surface area contributed by atoms with E-state index in [0.29, 0.717) is 0 Å². The van der Waals surface area contributed by atoms with Crippen molar-refractivity contribution in [2.24, 2.45) is 0 Å². The maximum atomic E-state index is 4.78. The van der Waals surface area contributed by atoms with Crippen LogP contribution in [-0.4, -0.2) is 81.7 Å². The SMILES string of the molecule is CCN(CC)CCN(CCN(CC)CC)c1ccc(-c2nc3ncncc3n2CC)cc1. The molecule has 0 unspecified atom stereocenters. The molecular weight excluding hydrogens is 398 g/mol. The first-order chi connectivity index (χ1) is 15.6. The number of aromatic nitrogens is 4. The third-order valence-electron chi connectivity index (χ3n) is 6.40. The molecule has 3 aromatic rings. The van der Waals surface area contributed by atoms with Gasteiger partial charge in [0.1, 0.15) is 17.7 Å². The largest absolute Gasteiger partial charge is 0.369 e. The van der Waals surface area contributed by atoms with Gasteiger partial charge in [0.25, 0.3) is 0 Å². The number of nitrogens with zero attached hydrogens (tertiary/aromatic N) is 7. The van der Waals surface area contributed by atoms with Gasteiger partial charge in [-0.3, -0.25) is 0 Å². The predicted molar refractivity (Wildman–Crippen MR) is 134 cm³/mol. The average Bonchev–Trinajstić information content (AvgIpc) is 3.22. The minimum atomic E-state index is 0.751. The van der Waals surface area contributed by atoms with Crippen LogP contribution in [-0.2, 0) is 6.54 Å². The van der Waals surface area contributed by atoms with Crippen LogP contribution in [0.5, 0.6) is 0 Å². The molecule has 0 saturated heterocycles. The second-order valence-corrected chi connectivity index (χ2v) is 8.00. The summed E-state index contributed by atoms with van der Waals surface area (Å²) >= 11 is 0. The molecule has 2 heterocycles. The molecule has 0 amide bonds. The third kappa shape index (κ3) is 5.64. The van der Waals surface area contributed by atoms with Crippen LogP contribution in [0.2, 0.25) is 0 Å². The van der Waals surface area contributed by atoms with E-state index in [0.717, 1.165) is 81.5 Å². The number of anilines is 1. The normalized spacial score (nSPS) is 11.7. The van der Waals surface area contributed by atoms with E-state index in [-0.39, 0.29) is 0 Å². The molecule has 0 aliphatic heterocycles. The lowest BCUT2D eigenvalue weighted by molar-refractivity contribution is 0.294. The molecule has 0 aliphatic rings. The molecule has 1 aromatic carbocycles. The Morgan fingerprint density at radius 2 is 1.38 bits per heavy atom. The molecule has 7 nitrogen and oxygen atoms in total. The number of benzene rings is 1. The monoisotopic (exact) mass is 437 g/mol. The third-order valence-corrected chi connectivity index (χ3v) is 6.40. The van der Waals surface area contributed by atoms with Crippen LogP contribution in [0.1, 0.15) is 34.6 Å². The maximum absolute atomic E-state index is 4.78. The van der Waals surface area contributed by atoms with Crippen LogP contribution >= 0.6 is 0 Å². The lowest BCUT2D eigenvalue weighted by Gasteiger charge is -2.30. The van der Waals surface area contributed by atoms with Crippen LogP contribution in [0.4, 0.5) is 5.69 Å². The van der Waals surface area contributed by atoms with Crippen LogP contribution in [0.15, 0.2) is 36.8 Å². The zero-order valence-electron chi connectivity index (χ0n) is 20.5. The summed E-state index contributed by atoms with van der Waals surface area (Å²) in [7, 11) is 0. The quantitative estimate of drug-likeness (QED) is 0.403. The van der Waals surface area contributed by atoms with Crippen LogP contribution < -0.4 is 4.90 Å². The van der Waals surface area contributed by atoms with Gasteiger partial charge in [-0.1, -0.05) is 27.7 Å². The van der Waals surface area contributed by atoms with Gasteiger partial charge in [-0.05, 0) is 57.4 Å². The van der Waals surface area contributed by atoms with Gasteiger partial charge in [0.05, 0.1) is 6.20 Å². The van der Waals surface area contributed by atoms with Crippen molar-refractivity contribution in [2.75, 3.05) is 57.3 Å². The highest BCUT2D eigenvalue weighted by Crippen LogP contribution is 2.26. The van der Waals surface area contributed by atoms with Gasteiger partial charge in [0, 0.05) is 44.0 Å². The number of likely N-dealkylation sites (N-methyl/N-ethyl adjacent to an activating group) is 2. The van der Waals surface area contributed by atoms with Gasteiger partial charge < -0.3 is 19.3 Å². The minimum Gasteiger partial charge on any atom is -0.369 e. The summed E-state index contributed by atoms with van der Waals surface area (Å²) in [5.74, 6) is 0.951. The van der Waals surface area contributed by atoms with E-state index < -0.39 is 0 Å². The fourth-order valence-corrected chi connectivity index (χ4v) is 4.20. The van der Waals surface area contributed by atoms with Crippen molar-refractivity contribution in [1.82, 2.24) is 29.3 Å². The molecule has 0 spiro atoms. The topological polar surface area (TPSA) is 53.3 Å². The fourth-order valence-electron chi connectivity index (χ4n) is 4.20. The van der Waals surface area contributed by atoms with Crippen molar-refractivity contribution in [3.8, 4) is 11.4 Å². The van der Waals surface area contributed by atoms with Gasteiger partial charge in [0.15, 0.2) is 5.65 Å². The summed E-state index contributed by atoms with van der Waals surface area (Å²) in [6.07, 6.45) is 3.41. The summed E-state index contributed by atoms with van der Waals surface area (Å²) < 4.78 is 2.18. The number of aryl methyl sites for hydroxylation is 1. The highest BCUT2D eigenvalue weighted by atomic mass is 15.2. The molecule has 0 fully saturated rings. The summed E-state index contributed by atoms with van der Waals surface area (Å²) in [6.45, 7) is 20.5. The summed E-state index contributed by atoms with van der Waals surface area (Å²) in [6, 6.07) is 8.87. The molecule has 32 heavy (non-hydrogen) atoms. The standard InChI is InChI=1S/C25H39N7/c1-6-29(7-2)15-17-31(18-16-30(8-3)9-4)22-13-11-21(12-14-22)25-28-24-23(32(25)10-5)19-26-20-27-24/h11-14,19-20H,6-10,15-18H2,1-5H3. The first kappa shape index (κ1) is 24.1. The average molecular weight is 438 g/mol. The molecule has 0 radical (unpaired) electrons. The van der Waals surface area contributed by atoms with Crippen LogP contribution in [0.25, 0.3) is 22.6 Å². The molecule has 0 aliphatic carbocycles. The maximum Gasteiger partial charge on any atom is 0.181 e. The van der Waals surface area contributed by atoms with E-state index in [1.807, 2.05) is 6.20 Å². The number of imidazole rings is 1. The summed E-state index contributed by atoms with van der Waals surface area (Å²) in [4.78, 5) is 20.8. The predicted octanol–water partition coefficient (Wildman–Crippen LogP) is 4.00. The van der Waals surface area contributed by atoms with E-state index in [9.17, 15) is 0 Å². The Kier molecular flexibility index (Phi) is 9.00. The van der Waals surface area contributed by atoms with E-state index in [4.69, 9.17) is 4.98 Å². The zero-order valence-corrected chi connectivity index (χ0v) is 20.5. The Bertz CT molecular complexity index is 927. The fraction of sp³-hybridized carbons (Fsp3) is 0.560.